The van der Waals surface area contributed by atoms with Gasteiger partial charge in [0.05, 0.1) is 13.0 Å². The molecule has 2 heterocycles. The molecule has 2 saturated heterocycles. The Labute approximate surface area is 55.1 Å². The van der Waals surface area contributed by atoms with Gasteiger partial charge in [-0.15, -0.1) is 0 Å². The van der Waals surface area contributed by atoms with Crippen LogP contribution < -0.4 is 0 Å². The molecule has 0 aromatic heterocycles. The zero-order valence-corrected chi connectivity index (χ0v) is 5.64. The maximum atomic E-state index is 5.50. The third-order valence-electron chi connectivity index (χ3n) is 2.20. The fourth-order valence-corrected chi connectivity index (χ4v) is 1.52. The largest absolute Gasteiger partial charge is 0.328 e. The predicted molar refractivity (Wildman–Crippen MR) is 32.8 cm³/mol. The molecule has 0 radical (unpaired) electrons. The first-order valence-electron chi connectivity index (χ1n) is 3.44. The molecule has 0 amide bonds. The van der Waals surface area contributed by atoms with E-state index >= 15 is 0 Å². The van der Waals surface area contributed by atoms with E-state index < -0.39 is 0 Å². The maximum Gasteiger partial charge on any atom is 0.276 e. The normalized spacial score (nSPS) is 41.7. The monoisotopic (exact) mass is 127 g/mol. The third-order valence-corrected chi connectivity index (χ3v) is 2.20. The van der Waals surface area contributed by atoms with Gasteiger partial charge in [-0.25, -0.2) is 0 Å². The molecular formula is C7H11O2+. The molecule has 0 saturated carbocycles. The SMILES string of the molecule is CC12CCO[C+]1CCO2. The molecule has 2 aliphatic rings. The molecule has 2 rings (SSSR count). The lowest BCUT2D eigenvalue weighted by atomic mass is 9.99. The highest BCUT2D eigenvalue weighted by molar-refractivity contribution is 5.07. The van der Waals surface area contributed by atoms with Gasteiger partial charge in [0, 0.05) is 6.92 Å². The van der Waals surface area contributed by atoms with Crippen LogP contribution in [0.2, 0.25) is 0 Å². The lowest BCUT2D eigenvalue weighted by Crippen LogP contribution is -2.24. The summed E-state index contributed by atoms with van der Waals surface area (Å²) in [7, 11) is 0. The minimum absolute atomic E-state index is 0. The van der Waals surface area contributed by atoms with E-state index in [0.29, 0.717) is 0 Å². The van der Waals surface area contributed by atoms with Crippen molar-refractivity contribution < 1.29 is 9.47 Å². The summed E-state index contributed by atoms with van der Waals surface area (Å²) in [5.74, 6) is 0. The van der Waals surface area contributed by atoms with Gasteiger partial charge in [0.25, 0.3) is 6.10 Å². The number of rotatable bonds is 0. The molecule has 0 aliphatic carbocycles. The van der Waals surface area contributed by atoms with Crippen LogP contribution in [0.25, 0.3) is 0 Å². The first-order valence-corrected chi connectivity index (χ1v) is 3.44. The van der Waals surface area contributed by atoms with Crippen LogP contribution in [0.4, 0.5) is 0 Å². The number of fused-ring (bicyclic) bond motifs is 1. The number of hydrogen-bond donors (Lipinski definition) is 0. The number of hydrogen-bond acceptors (Lipinski definition) is 2. The van der Waals surface area contributed by atoms with Gasteiger partial charge in [0.1, 0.15) is 6.61 Å². The highest BCUT2D eigenvalue weighted by Crippen LogP contribution is 2.41. The minimum atomic E-state index is 0. The molecule has 0 N–H and O–H groups in total. The van der Waals surface area contributed by atoms with Crippen LogP contribution in [-0.4, -0.2) is 18.8 Å². The van der Waals surface area contributed by atoms with Crippen LogP contribution in [-0.2, 0) is 9.47 Å². The molecule has 1 atom stereocenters. The van der Waals surface area contributed by atoms with Crippen molar-refractivity contribution in [2.45, 2.75) is 25.4 Å². The Balaban J connectivity index is 2.17. The van der Waals surface area contributed by atoms with E-state index in [2.05, 4.69) is 6.92 Å². The zero-order chi connectivity index (χ0) is 6.32. The molecule has 50 valence electrons. The summed E-state index contributed by atoms with van der Waals surface area (Å²) in [6, 6.07) is 0. The molecule has 1 unspecified atom stereocenters. The molecule has 2 fully saturated rings. The Morgan fingerprint density at radius 1 is 1.44 bits per heavy atom. The molecular weight excluding hydrogens is 116 g/mol. The van der Waals surface area contributed by atoms with Crippen LogP contribution in [0.3, 0.4) is 0 Å². The van der Waals surface area contributed by atoms with Gasteiger partial charge in [-0.1, -0.05) is 0 Å². The van der Waals surface area contributed by atoms with Gasteiger partial charge in [0.15, 0.2) is 6.42 Å². The molecule has 0 aromatic carbocycles. The van der Waals surface area contributed by atoms with Crippen molar-refractivity contribution in [3.05, 3.63) is 6.10 Å². The Kier molecular flexibility index (Phi) is 1.02. The van der Waals surface area contributed by atoms with Gasteiger partial charge >= 0.3 is 0 Å². The summed E-state index contributed by atoms with van der Waals surface area (Å²) in [4.78, 5) is 0. The van der Waals surface area contributed by atoms with Gasteiger partial charge < -0.3 is 4.74 Å². The van der Waals surface area contributed by atoms with Crippen molar-refractivity contribution in [3.8, 4) is 0 Å². The van der Waals surface area contributed by atoms with Crippen molar-refractivity contribution in [1.82, 2.24) is 0 Å². The van der Waals surface area contributed by atoms with E-state index in [1.807, 2.05) is 0 Å². The van der Waals surface area contributed by atoms with Crippen LogP contribution >= 0.6 is 0 Å². The lowest BCUT2D eigenvalue weighted by molar-refractivity contribution is 0.0287. The van der Waals surface area contributed by atoms with E-state index in [1.54, 1.807) is 0 Å². The Hall–Kier alpha value is -0.210. The summed E-state index contributed by atoms with van der Waals surface area (Å²) < 4.78 is 10.9. The first-order chi connectivity index (χ1) is 4.31. The van der Waals surface area contributed by atoms with E-state index in [1.165, 1.54) is 6.10 Å². The highest BCUT2D eigenvalue weighted by atomic mass is 16.6. The van der Waals surface area contributed by atoms with Gasteiger partial charge in [-0.2, -0.15) is 4.74 Å². The van der Waals surface area contributed by atoms with Crippen LogP contribution in [0.5, 0.6) is 0 Å². The number of ether oxygens (including phenoxy) is 2. The van der Waals surface area contributed by atoms with E-state index in [4.69, 9.17) is 9.47 Å². The summed E-state index contributed by atoms with van der Waals surface area (Å²) in [6.07, 6.45) is 3.22. The van der Waals surface area contributed by atoms with Crippen molar-refractivity contribution in [2.75, 3.05) is 13.2 Å². The average molecular weight is 127 g/mol. The Morgan fingerprint density at radius 2 is 2.33 bits per heavy atom. The van der Waals surface area contributed by atoms with Crippen LogP contribution in [0, 0.1) is 6.10 Å². The van der Waals surface area contributed by atoms with E-state index in [-0.39, 0.29) is 5.60 Å². The molecule has 0 spiro atoms. The quantitative estimate of drug-likeness (QED) is 0.454. The minimum Gasteiger partial charge on any atom is -0.328 e. The highest BCUT2D eigenvalue weighted by Gasteiger charge is 2.57. The van der Waals surface area contributed by atoms with Crippen LogP contribution in [0.1, 0.15) is 19.8 Å². The smallest absolute Gasteiger partial charge is 0.276 e. The van der Waals surface area contributed by atoms with Crippen LogP contribution in [0.15, 0.2) is 0 Å². The second-order valence-corrected chi connectivity index (χ2v) is 2.85. The topological polar surface area (TPSA) is 18.5 Å². The third kappa shape index (κ3) is 0.667. The fourth-order valence-electron chi connectivity index (χ4n) is 1.52. The first kappa shape index (κ1) is 5.57. The predicted octanol–water partition coefficient (Wildman–Crippen LogP) is 1.12. The molecule has 9 heavy (non-hydrogen) atoms. The van der Waals surface area contributed by atoms with E-state index in [9.17, 15) is 0 Å². The van der Waals surface area contributed by atoms with Crippen molar-refractivity contribution in [3.63, 3.8) is 0 Å². The van der Waals surface area contributed by atoms with Gasteiger partial charge in [-0.3, -0.25) is 0 Å². The summed E-state index contributed by atoms with van der Waals surface area (Å²) in [6.45, 7) is 3.82. The Bertz CT molecular complexity index is 112. The summed E-state index contributed by atoms with van der Waals surface area (Å²) >= 11 is 0. The molecule has 0 bridgehead atoms. The molecule has 2 nitrogen and oxygen atoms in total. The summed E-state index contributed by atoms with van der Waals surface area (Å²) in [5, 5.41) is 0. The summed E-state index contributed by atoms with van der Waals surface area (Å²) in [5.41, 5.74) is 0. The van der Waals surface area contributed by atoms with Crippen molar-refractivity contribution in [1.29, 1.82) is 0 Å². The standard InChI is InChI=1S/C7H11O2/c1-7-3-5-8-6(7)2-4-9-7/h2-5H2,1H3/q+1. The van der Waals surface area contributed by atoms with Gasteiger partial charge in [-0.05, 0) is 0 Å². The second-order valence-electron chi connectivity index (χ2n) is 2.85. The zero-order valence-electron chi connectivity index (χ0n) is 5.64. The Morgan fingerprint density at radius 3 is 3.11 bits per heavy atom. The maximum absolute atomic E-state index is 5.50. The average Bonchev–Trinajstić information content (AvgIpc) is 2.22. The fraction of sp³-hybridized carbons (Fsp3) is 0.857. The lowest BCUT2D eigenvalue weighted by Gasteiger charge is -2.08. The second kappa shape index (κ2) is 1.64. The molecule has 2 heteroatoms. The van der Waals surface area contributed by atoms with Crippen molar-refractivity contribution >= 4 is 0 Å². The van der Waals surface area contributed by atoms with E-state index in [0.717, 1.165) is 26.1 Å². The molecule has 0 aromatic rings. The van der Waals surface area contributed by atoms with Crippen molar-refractivity contribution in [2.24, 2.45) is 0 Å². The molecule has 2 aliphatic heterocycles. The van der Waals surface area contributed by atoms with Gasteiger partial charge in [0.2, 0.25) is 5.60 Å².